The zero-order valence-electron chi connectivity index (χ0n) is 16.9. The molecule has 1 N–H and O–H groups in total. The Kier molecular flexibility index (Phi) is 4.41. The SMILES string of the molecule is COc1ccc(OC)c2[nH]c(C(=O)N3C[C@@H]4C[C@@H](C3)C3CCCC(=O)N3C4)cc12. The molecule has 0 saturated carbocycles. The van der Waals surface area contributed by atoms with Gasteiger partial charge in [0, 0.05) is 37.5 Å². The number of amides is 2. The van der Waals surface area contributed by atoms with Crippen LogP contribution in [-0.4, -0.2) is 66.5 Å². The van der Waals surface area contributed by atoms with Crippen molar-refractivity contribution in [3.63, 3.8) is 0 Å². The van der Waals surface area contributed by atoms with Crippen LogP contribution >= 0.6 is 0 Å². The largest absolute Gasteiger partial charge is 0.496 e. The summed E-state index contributed by atoms with van der Waals surface area (Å²) in [6.07, 6.45) is 3.83. The molecule has 2 aromatic rings. The van der Waals surface area contributed by atoms with Gasteiger partial charge in [-0.05, 0) is 49.3 Å². The number of benzene rings is 1. The van der Waals surface area contributed by atoms with Gasteiger partial charge in [0.1, 0.15) is 17.2 Å². The third-order valence-electron chi connectivity index (χ3n) is 6.85. The molecule has 1 unspecified atom stereocenters. The van der Waals surface area contributed by atoms with Crippen LogP contribution in [0.4, 0.5) is 0 Å². The number of carbonyl (C=O) groups excluding carboxylic acids is 2. The van der Waals surface area contributed by atoms with Crippen LogP contribution in [0.15, 0.2) is 18.2 Å². The van der Waals surface area contributed by atoms with Crippen LogP contribution in [0, 0.1) is 11.8 Å². The average molecular weight is 397 g/mol. The van der Waals surface area contributed by atoms with E-state index in [0.29, 0.717) is 60.5 Å². The molecule has 1 aromatic heterocycles. The van der Waals surface area contributed by atoms with E-state index in [1.54, 1.807) is 14.2 Å². The highest BCUT2D eigenvalue weighted by atomic mass is 16.5. The molecular weight excluding hydrogens is 370 g/mol. The summed E-state index contributed by atoms with van der Waals surface area (Å²) in [6, 6.07) is 5.85. The van der Waals surface area contributed by atoms with Crippen molar-refractivity contribution in [1.29, 1.82) is 0 Å². The van der Waals surface area contributed by atoms with Gasteiger partial charge in [-0.25, -0.2) is 0 Å². The zero-order chi connectivity index (χ0) is 20.1. The standard InChI is InChI=1S/C22H27N3O4/c1-28-18-6-7-19(29-2)21-15(18)9-16(23-21)22(27)24-10-13-8-14(12-24)17-4-3-5-20(26)25(17)11-13/h6-7,9,13-14,17,23H,3-5,8,10-12H2,1-2H3/t13-,14-,17?/m0/s1. The summed E-state index contributed by atoms with van der Waals surface area (Å²) >= 11 is 0. The van der Waals surface area contributed by atoms with E-state index in [1.165, 1.54) is 0 Å². The average Bonchev–Trinajstić information content (AvgIpc) is 3.18. The maximum atomic E-state index is 13.4. The van der Waals surface area contributed by atoms with Gasteiger partial charge in [0.25, 0.3) is 5.91 Å². The fourth-order valence-corrected chi connectivity index (χ4v) is 5.58. The Morgan fingerprint density at radius 2 is 1.93 bits per heavy atom. The molecule has 3 saturated heterocycles. The number of carbonyl (C=O) groups is 2. The molecule has 7 heteroatoms. The lowest BCUT2D eigenvalue weighted by Gasteiger charge is -2.52. The molecule has 2 amide bonds. The normalized spacial score (nSPS) is 26.4. The Labute approximate surface area is 169 Å². The first-order valence-electron chi connectivity index (χ1n) is 10.4. The van der Waals surface area contributed by atoms with Gasteiger partial charge < -0.3 is 24.3 Å². The first-order chi connectivity index (χ1) is 14.1. The number of nitrogens with zero attached hydrogens (tertiary/aromatic N) is 2. The predicted molar refractivity (Wildman–Crippen MR) is 108 cm³/mol. The lowest BCUT2D eigenvalue weighted by Crippen LogP contribution is -2.61. The first kappa shape index (κ1) is 18.3. The van der Waals surface area contributed by atoms with Gasteiger partial charge in [-0.3, -0.25) is 9.59 Å². The summed E-state index contributed by atoms with van der Waals surface area (Å²) in [5, 5.41) is 0.844. The second-order valence-electron chi connectivity index (χ2n) is 8.52. The van der Waals surface area contributed by atoms with Crippen LogP contribution in [0.5, 0.6) is 11.5 Å². The minimum atomic E-state index is 0.00981. The molecule has 4 heterocycles. The summed E-state index contributed by atoms with van der Waals surface area (Å²) in [7, 11) is 3.24. The quantitative estimate of drug-likeness (QED) is 0.864. The molecular formula is C22H27N3O4. The molecule has 3 atom stereocenters. The van der Waals surface area contributed by atoms with Gasteiger partial charge in [0.15, 0.2) is 0 Å². The predicted octanol–water partition coefficient (Wildman–Crippen LogP) is 2.66. The summed E-state index contributed by atoms with van der Waals surface area (Å²) in [6.45, 7) is 2.21. The van der Waals surface area contributed by atoms with Crippen LogP contribution in [0.2, 0.25) is 0 Å². The number of piperidine rings is 3. The zero-order valence-corrected chi connectivity index (χ0v) is 16.9. The molecule has 0 spiro atoms. The molecule has 0 aliphatic carbocycles. The third-order valence-corrected chi connectivity index (χ3v) is 6.85. The number of rotatable bonds is 3. The number of hydrogen-bond acceptors (Lipinski definition) is 4. The van der Waals surface area contributed by atoms with Gasteiger partial charge >= 0.3 is 0 Å². The fraction of sp³-hybridized carbons (Fsp3) is 0.545. The van der Waals surface area contributed by atoms with Gasteiger partial charge in [-0.15, -0.1) is 0 Å². The van der Waals surface area contributed by atoms with Crippen LogP contribution in [0.1, 0.15) is 36.2 Å². The van der Waals surface area contributed by atoms with Crippen LogP contribution in [-0.2, 0) is 4.79 Å². The first-order valence-corrected chi connectivity index (χ1v) is 10.4. The Morgan fingerprint density at radius 3 is 2.72 bits per heavy atom. The van der Waals surface area contributed by atoms with Gasteiger partial charge in [-0.2, -0.15) is 0 Å². The molecule has 1 aromatic carbocycles. The van der Waals surface area contributed by atoms with Gasteiger partial charge in [0.2, 0.25) is 5.91 Å². The van der Waals surface area contributed by atoms with Crippen molar-refractivity contribution in [2.24, 2.45) is 11.8 Å². The number of likely N-dealkylation sites (tertiary alicyclic amines) is 1. The van der Waals surface area contributed by atoms with Crippen LogP contribution in [0.3, 0.4) is 0 Å². The van der Waals surface area contributed by atoms with E-state index in [9.17, 15) is 9.59 Å². The highest BCUT2D eigenvalue weighted by Crippen LogP contribution is 2.39. The van der Waals surface area contributed by atoms with E-state index in [2.05, 4.69) is 9.88 Å². The fourth-order valence-electron chi connectivity index (χ4n) is 5.58. The molecule has 3 aliphatic rings. The number of aromatic nitrogens is 1. The van der Waals surface area contributed by atoms with E-state index in [1.807, 2.05) is 23.1 Å². The lowest BCUT2D eigenvalue weighted by molar-refractivity contribution is -0.144. The van der Waals surface area contributed by atoms with E-state index in [4.69, 9.17) is 9.47 Å². The summed E-state index contributed by atoms with van der Waals surface area (Å²) in [5.74, 6) is 2.45. The van der Waals surface area contributed by atoms with Crippen molar-refractivity contribution in [2.75, 3.05) is 33.9 Å². The van der Waals surface area contributed by atoms with E-state index >= 15 is 0 Å². The highest BCUT2D eigenvalue weighted by Gasteiger charge is 2.45. The van der Waals surface area contributed by atoms with Crippen molar-refractivity contribution in [2.45, 2.75) is 31.7 Å². The number of H-pyrrole nitrogens is 1. The van der Waals surface area contributed by atoms with Crippen molar-refractivity contribution >= 4 is 22.7 Å². The maximum absolute atomic E-state index is 13.4. The molecule has 2 bridgehead atoms. The summed E-state index contributed by atoms with van der Waals surface area (Å²) in [5.41, 5.74) is 1.33. The second kappa shape index (κ2) is 6.97. The lowest BCUT2D eigenvalue weighted by atomic mass is 9.76. The topological polar surface area (TPSA) is 74.9 Å². The third kappa shape index (κ3) is 2.94. The van der Waals surface area contributed by atoms with Crippen LogP contribution < -0.4 is 9.47 Å². The maximum Gasteiger partial charge on any atom is 0.270 e. The van der Waals surface area contributed by atoms with Crippen molar-refractivity contribution in [3.05, 3.63) is 23.9 Å². The number of methoxy groups -OCH3 is 2. The molecule has 0 radical (unpaired) electrons. The summed E-state index contributed by atoms with van der Waals surface area (Å²) < 4.78 is 10.9. The Balaban J connectivity index is 1.42. The molecule has 29 heavy (non-hydrogen) atoms. The smallest absolute Gasteiger partial charge is 0.270 e. The number of aromatic amines is 1. The Morgan fingerprint density at radius 1 is 1.14 bits per heavy atom. The number of ether oxygens (including phenoxy) is 2. The molecule has 5 rings (SSSR count). The number of hydrogen-bond donors (Lipinski definition) is 1. The Bertz CT molecular complexity index is 927. The molecule has 3 aliphatic heterocycles. The van der Waals surface area contributed by atoms with Gasteiger partial charge in [0.05, 0.1) is 19.7 Å². The molecule has 3 fully saturated rings. The molecule has 7 nitrogen and oxygen atoms in total. The number of fused-ring (bicyclic) bond motifs is 5. The van der Waals surface area contributed by atoms with Crippen molar-refractivity contribution in [3.8, 4) is 11.5 Å². The van der Waals surface area contributed by atoms with Crippen molar-refractivity contribution in [1.82, 2.24) is 14.8 Å². The second-order valence-corrected chi connectivity index (χ2v) is 8.52. The van der Waals surface area contributed by atoms with Gasteiger partial charge in [-0.1, -0.05) is 0 Å². The monoisotopic (exact) mass is 397 g/mol. The highest BCUT2D eigenvalue weighted by molar-refractivity contribution is 6.01. The Hall–Kier alpha value is -2.70. The minimum absolute atomic E-state index is 0.00981. The van der Waals surface area contributed by atoms with E-state index < -0.39 is 0 Å². The van der Waals surface area contributed by atoms with E-state index in [0.717, 1.165) is 36.7 Å². The molecule has 154 valence electrons. The van der Waals surface area contributed by atoms with E-state index in [-0.39, 0.29) is 5.91 Å². The van der Waals surface area contributed by atoms with Crippen molar-refractivity contribution < 1.29 is 19.1 Å². The minimum Gasteiger partial charge on any atom is -0.496 e. The summed E-state index contributed by atoms with van der Waals surface area (Å²) in [4.78, 5) is 33.0. The van der Waals surface area contributed by atoms with Crippen LogP contribution in [0.25, 0.3) is 10.9 Å². The number of nitrogens with one attached hydrogen (secondary N) is 1.